The van der Waals surface area contributed by atoms with Crippen LogP contribution >= 0.6 is 11.6 Å². The minimum Gasteiger partial charge on any atom is -0.370 e. The molecule has 2 nitrogen and oxygen atoms in total. The number of piperidine rings is 1. The smallest absolute Gasteiger partial charge is 0.0642 e. The van der Waals surface area contributed by atoms with E-state index < -0.39 is 0 Å². The van der Waals surface area contributed by atoms with Gasteiger partial charge in [-0.25, -0.2) is 0 Å². The van der Waals surface area contributed by atoms with Crippen LogP contribution in [0.1, 0.15) is 45.6 Å². The normalized spacial score (nSPS) is 16.7. The highest BCUT2D eigenvalue weighted by atomic mass is 35.5. The van der Waals surface area contributed by atoms with Crippen molar-refractivity contribution in [3.8, 4) is 0 Å². The largest absolute Gasteiger partial charge is 0.370 e. The van der Waals surface area contributed by atoms with Gasteiger partial charge < -0.3 is 10.2 Å². The number of benzene rings is 1. The van der Waals surface area contributed by atoms with Gasteiger partial charge in [0.1, 0.15) is 0 Å². The number of halogens is 1. The Labute approximate surface area is 134 Å². The third kappa shape index (κ3) is 4.62. The molecule has 0 saturated carbocycles. The fourth-order valence-corrected chi connectivity index (χ4v) is 3.43. The maximum absolute atomic E-state index is 6.51. The molecule has 0 aliphatic carbocycles. The number of para-hydroxylation sites is 1. The maximum Gasteiger partial charge on any atom is 0.0642 e. The van der Waals surface area contributed by atoms with E-state index >= 15 is 0 Å². The molecule has 0 aromatic heterocycles. The molecule has 0 atom stereocenters. The average Bonchev–Trinajstić information content (AvgIpc) is 2.47. The molecule has 1 aliphatic rings. The summed E-state index contributed by atoms with van der Waals surface area (Å²) < 4.78 is 0. The Morgan fingerprint density at radius 2 is 2.00 bits per heavy atom. The Bertz CT molecular complexity index is 437. The zero-order valence-electron chi connectivity index (χ0n) is 13.7. The molecule has 118 valence electrons. The van der Waals surface area contributed by atoms with E-state index in [1.807, 2.05) is 6.07 Å². The summed E-state index contributed by atoms with van der Waals surface area (Å²) in [6, 6.07) is 6.30. The van der Waals surface area contributed by atoms with Gasteiger partial charge in [-0.2, -0.15) is 0 Å². The highest BCUT2D eigenvalue weighted by Gasteiger charge is 2.21. The number of hydrogen-bond acceptors (Lipinski definition) is 2. The van der Waals surface area contributed by atoms with E-state index in [1.54, 1.807) is 0 Å². The van der Waals surface area contributed by atoms with Gasteiger partial charge in [-0.1, -0.05) is 50.9 Å². The number of nitrogens with zero attached hydrogens (tertiary/aromatic N) is 1. The zero-order valence-corrected chi connectivity index (χ0v) is 14.4. The Kier molecular flexibility index (Phi) is 6.38. The minimum absolute atomic E-state index is 0.674. The van der Waals surface area contributed by atoms with E-state index in [-0.39, 0.29) is 0 Å². The summed E-state index contributed by atoms with van der Waals surface area (Å²) in [7, 11) is 0. The van der Waals surface area contributed by atoms with Crippen LogP contribution in [0.2, 0.25) is 5.02 Å². The summed E-state index contributed by atoms with van der Waals surface area (Å²) in [5, 5.41) is 4.44. The first-order valence-electron chi connectivity index (χ1n) is 8.34. The van der Waals surface area contributed by atoms with Crippen LogP contribution in [-0.2, 0) is 6.54 Å². The fourth-order valence-electron chi connectivity index (χ4n) is 3.12. The summed E-state index contributed by atoms with van der Waals surface area (Å²) in [5.74, 6) is 1.57. The van der Waals surface area contributed by atoms with Gasteiger partial charge in [-0.3, -0.25) is 0 Å². The molecule has 3 heteroatoms. The van der Waals surface area contributed by atoms with E-state index in [0.717, 1.165) is 37.1 Å². The van der Waals surface area contributed by atoms with Crippen LogP contribution < -0.4 is 10.2 Å². The quantitative estimate of drug-likeness (QED) is 0.818. The van der Waals surface area contributed by atoms with Crippen molar-refractivity contribution >= 4 is 17.3 Å². The van der Waals surface area contributed by atoms with Gasteiger partial charge in [0.2, 0.25) is 0 Å². The van der Waals surface area contributed by atoms with Crippen molar-refractivity contribution in [2.45, 2.75) is 46.6 Å². The number of nitrogens with one attached hydrogen (secondary N) is 1. The molecule has 1 N–H and O–H groups in total. The summed E-state index contributed by atoms with van der Waals surface area (Å²) in [6.07, 6.45) is 3.89. The molecule has 1 aromatic carbocycles. The van der Waals surface area contributed by atoms with Crippen molar-refractivity contribution in [3.05, 3.63) is 28.8 Å². The number of rotatable bonds is 6. The van der Waals surface area contributed by atoms with Crippen molar-refractivity contribution in [1.29, 1.82) is 0 Å². The SMILES string of the molecule is CCC1CCN(c2c(Cl)cccc2CNCC(C)C)CC1. The predicted octanol–water partition coefficient (Wildman–Crippen LogP) is 4.71. The van der Waals surface area contributed by atoms with Gasteiger partial charge in [0.25, 0.3) is 0 Å². The highest BCUT2D eigenvalue weighted by Crippen LogP contribution is 2.33. The van der Waals surface area contributed by atoms with Crippen LogP contribution in [0.3, 0.4) is 0 Å². The molecular weight excluding hydrogens is 280 g/mol. The van der Waals surface area contributed by atoms with Gasteiger partial charge in [-0.15, -0.1) is 0 Å². The lowest BCUT2D eigenvalue weighted by atomic mass is 9.93. The minimum atomic E-state index is 0.674. The third-order valence-electron chi connectivity index (χ3n) is 4.45. The Hall–Kier alpha value is -0.730. The Morgan fingerprint density at radius 1 is 1.29 bits per heavy atom. The highest BCUT2D eigenvalue weighted by molar-refractivity contribution is 6.33. The lowest BCUT2D eigenvalue weighted by Crippen LogP contribution is -2.34. The molecule has 21 heavy (non-hydrogen) atoms. The second-order valence-corrected chi connectivity index (χ2v) is 7.02. The van der Waals surface area contributed by atoms with Gasteiger partial charge in [0, 0.05) is 19.6 Å². The molecular formula is C18H29ClN2. The monoisotopic (exact) mass is 308 g/mol. The molecule has 0 unspecified atom stereocenters. The number of hydrogen-bond donors (Lipinski definition) is 1. The Balaban J connectivity index is 2.07. The van der Waals surface area contributed by atoms with Gasteiger partial charge >= 0.3 is 0 Å². The molecule has 1 heterocycles. The third-order valence-corrected chi connectivity index (χ3v) is 4.75. The fraction of sp³-hybridized carbons (Fsp3) is 0.667. The van der Waals surface area contributed by atoms with Crippen LogP contribution in [0.5, 0.6) is 0 Å². The average molecular weight is 309 g/mol. The predicted molar refractivity (Wildman–Crippen MR) is 93.2 cm³/mol. The van der Waals surface area contributed by atoms with E-state index in [2.05, 4.69) is 43.1 Å². The van der Waals surface area contributed by atoms with E-state index in [4.69, 9.17) is 11.6 Å². The van der Waals surface area contributed by atoms with Gasteiger partial charge in [0.15, 0.2) is 0 Å². The van der Waals surface area contributed by atoms with Crippen LogP contribution in [0.15, 0.2) is 18.2 Å². The molecule has 2 rings (SSSR count). The lowest BCUT2D eigenvalue weighted by molar-refractivity contribution is 0.394. The first-order valence-corrected chi connectivity index (χ1v) is 8.72. The van der Waals surface area contributed by atoms with Crippen LogP contribution in [0.4, 0.5) is 5.69 Å². The molecule has 1 aromatic rings. The Morgan fingerprint density at radius 3 is 2.62 bits per heavy atom. The topological polar surface area (TPSA) is 15.3 Å². The summed E-state index contributed by atoms with van der Waals surface area (Å²) >= 11 is 6.51. The zero-order chi connectivity index (χ0) is 15.2. The second kappa shape index (κ2) is 8.05. The van der Waals surface area contributed by atoms with Crippen molar-refractivity contribution in [2.24, 2.45) is 11.8 Å². The standard InChI is InChI=1S/C18H29ClN2/c1-4-15-8-10-21(11-9-15)18-16(6-5-7-17(18)19)13-20-12-14(2)3/h5-7,14-15,20H,4,8-13H2,1-3H3. The van der Waals surface area contributed by atoms with Crippen LogP contribution in [0, 0.1) is 11.8 Å². The summed E-state index contributed by atoms with van der Waals surface area (Å²) in [5.41, 5.74) is 2.59. The van der Waals surface area contributed by atoms with Crippen molar-refractivity contribution in [2.75, 3.05) is 24.5 Å². The first-order chi connectivity index (χ1) is 10.1. The van der Waals surface area contributed by atoms with Crippen molar-refractivity contribution in [1.82, 2.24) is 5.32 Å². The molecule has 0 bridgehead atoms. The molecule has 1 fully saturated rings. The molecule has 1 aliphatic heterocycles. The van der Waals surface area contributed by atoms with Crippen molar-refractivity contribution in [3.63, 3.8) is 0 Å². The molecule has 1 saturated heterocycles. The van der Waals surface area contributed by atoms with Gasteiger partial charge in [-0.05, 0) is 42.9 Å². The van der Waals surface area contributed by atoms with E-state index in [9.17, 15) is 0 Å². The summed E-state index contributed by atoms with van der Waals surface area (Å²) in [4.78, 5) is 2.49. The van der Waals surface area contributed by atoms with Crippen LogP contribution in [-0.4, -0.2) is 19.6 Å². The van der Waals surface area contributed by atoms with Crippen LogP contribution in [0.25, 0.3) is 0 Å². The second-order valence-electron chi connectivity index (χ2n) is 6.61. The van der Waals surface area contributed by atoms with E-state index in [0.29, 0.717) is 5.92 Å². The molecule has 0 spiro atoms. The first kappa shape index (κ1) is 16.6. The summed E-state index contributed by atoms with van der Waals surface area (Å²) in [6.45, 7) is 11.0. The number of anilines is 1. The van der Waals surface area contributed by atoms with Gasteiger partial charge in [0.05, 0.1) is 10.7 Å². The maximum atomic E-state index is 6.51. The molecule has 0 amide bonds. The lowest BCUT2D eigenvalue weighted by Gasteiger charge is -2.35. The van der Waals surface area contributed by atoms with Crippen molar-refractivity contribution < 1.29 is 0 Å². The van der Waals surface area contributed by atoms with E-state index in [1.165, 1.54) is 30.5 Å². The molecule has 0 radical (unpaired) electrons.